The number of carbonyl (C=O) groups excluding carboxylic acids is 1. The Balaban J connectivity index is 1.41. The number of piperazine rings is 1. The largest absolute Gasteiger partial charge is 0.493 e. The van der Waals surface area contributed by atoms with Crippen LogP contribution in [0.5, 0.6) is 5.75 Å². The number of carbonyl (C=O) groups is 1. The lowest BCUT2D eigenvalue weighted by atomic mass is 10.1. The third-order valence-corrected chi connectivity index (χ3v) is 5.60. The van der Waals surface area contributed by atoms with Gasteiger partial charge in [0.2, 0.25) is 5.91 Å². The molecule has 0 radical (unpaired) electrons. The van der Waals surface area contributed by atoms with E-state index in [1.54, 1.807) is 14.0 Å². The molecule has 0 unspecified atom stereocenters. The molecule has 0 atom stereocenters. The lowest BCUT2D eigenvalue weighted by molar-refractivity contribution is -0.130. The van der Waals surface area contributed by atoms with Crippen molar-refractivity contribution in [3.05, 3.63) is 29.3 Å². The van der Waals surface area contributed by atoms with Crippen LogP contribution in [0.4, 0.5) is 0 Å². The van der Waals surface area contributed by atoms with E-state index in [0.29, 0.717) is 6.54 Å². The Bertz CT molecular complexity index is 709. The molecule has 7 nitrogen and oxygen atoms in total. The number of nitrogens with zero attached hydrogens (tertiary/aromatic N) is 3. The number of aryl methyl sites for hydroxylation is 1. The number of nitrogens with one attached hydrogen (secondary N) is 2. The van der Waals surface area contributed by atoms with Crippen LogP contribution >= 0.6 is 0 Å². The number of ether oxygens (including phenoxy) is 1. The molecule has 7 heteroatoms. The van der Waals surface area contributed by atoms with Gasteiger partial charge in [-0.25, -0.2) is 0 Å². The minimum atomic E-state index is 0.170. The Morgan fingerprint density at radius 3 is 2.62 bits per heavy atom. The second-order valence-corrected chi connectivity index (χ2v) is 8.07. The van der Waals surface area contributed by atoms with Gasteiger partial charge in [0.25, 0.3) is 0 Å². The first kappa shape index (κ1) is 21.4. The number of hydrogen-bond donors (Lipinski definition) is 2. The normalized spacial score (nSPS) is 17.9. The fourth-order valence-corrected chi connectivity index (χ4v) is 3.45. The minimum Gasteiger partial charge on any atom is -0.493 e. The summed E-state index contributed by atoms with van der Waals surface area (Å²) >= 11 is 0. The SMILES string of the molecule is CN=C(NCCN1CCN(C(C)=O)CC1)NCc1ccc(C)cc1OCC1CC1. The van der Waals surface area contributed by atoms with Crippen molar-refractivity contribution in [2.24, 2.45) is 10.9 Å². The van der Waals surface area contributed by atoms with Gasteiger partial charge in [-0.2, -0.15) is 0 Å². The average molecular weight is 402 g/mol. The zero-order valence-electron chi connectivity index (χ0n) is 18.0. The average Bonchev–Trinajstić information content (AvgIpc) is 3.55. The zero-order valence-corrected chi connectivity index (χ0v) is 18.0. The molecule has 1 amide bonds. The maximum Gasteiger partial charge on any atom is 0.219 e. The molecule has 1 saturated carbocycles. The van der Waals surface area contributed by atoms with Gasteiger partial charge in [-0.1, -0.05) is 12.1 Å². The molecule has 1 aromatic rings. The van der Waals surface area contributed by atoms with Gasteiger partial charge >= 0.3 is 0 Å². The van der Waals surface area contributed by atoms with Crippen LogP contribution in [0.2, 0.25) is 0 Å². The lowest BCUT2D eigenvalue weighted by Crippen LogP contribution is -2.50. The molecule has 3 rings (SSSR count). The highest BCUT2D eigenvalue weighted by Gasteiger charge is 2.22. The summed E-state index contributed by atoms with van der Waals surface area (Å²) in [7, 11) is 1.79. The molecule has 0 bridgehead atoms. The minimum absolute atomic E-state index is 0.170. The zero-order chi connectivity index (χ0) is 20.6. The van der Waals surface area contributed by atoms with E-state index in [2.05, 4.69) is 45.6 Å². The maximum absolute atomic E-state index is 11.4. The summed E-state index contributed by atoms with van der Waals surface area (Å²) in [6, 6.07) is 6.38. The van der Waals surface area contributed by atoms with E-state index in [0.717, 1.165) is 69.1 Å². The molecule has 2 N–H and O–H groups in total. The molecule has 1 aromatic carbocycles. The Kier molecular flexibility index (Phi) is 7.75. The molecule has 0 aromatic heterocycles. The van der Waals surface area contributed by atoms with E-state index in [1.165, 1.54) is 18.4 Å². The number of rotatable bonds is 8. The lowest BCUT2D eigenvalue weighted by Gasteiger charge is -2.34. The fourth-order valence-electron chi connectivity index (χ4n) is 3.45. The van der Waals surface area contributed by atoms with Gasteiger partial charge in [0.1, 0.15) is 5.75 Å². The Morgan fingerprint density at radius 2 is 1.97 bits per heavy atom. The molecule has 2 fully saturated rings. The van der Waals surface area contributed by atoms with Crippen molar-refractivity contribution < 1.29 is 9.53 Å². The number of benzene rings is 1. The van der Waals surface area contributed by atoms with Crippen molar-refractivity contribution in [3.8, 4) is 5.75 Å². The topological polar surface area (TPSA) is 69.2 Å². The Hall–Kier alpha value is -2.28. The quantitative estimate of drug-likeness (QED) is 0.512. The molecular formula is C22H35N5O2. The number of guanidine groups is 1. The van der Waals surface area contributed by atoms with Crippen LogP contribution in [-0.2, 0) is 11.3 Å². The second kappa shape index (κ2) is 10.5. The third kappa shape index (κ3) is 6.92. The van der Waals surface area contributed by atoms with Crippen LogP contribution in [0.15, 0.2) is 23.2 Å². The van der Waals surface area contributed by atoms with Crippen LogP contribution in [0.25, 0.3) is 0 Å². The highest BCUT2D eigenvalue weighted by molar-refractivity contribution is 5.79. The first-order chi connectivity index (χ1) is 14.0. The Labute approximate surface area is 174 Å². The summed E-state index contributed by atoms with van der Waals surface area (Å²) in [4.78, 5) is 20.0. The van der Waals surface area contributed by atoms with Gasteiger partial charge in [0, 0.05) is 65.3 Å². The van der Waals surface area contributed by atoms with E-state index in [9.17, 15) is 4.79 Å². The molecular weight excluding hydrogens is 366 g/mol. The number of amides is 1. The van der Waals surface area contributed by atoms with Crippen molar-refractivity contribution in [1.29, 1.82) is 0 Å². The van der Waals surface area contributed by atoms with Crippen molar-refractivity contribution >= 4 is 11.9 Å². The summed E-state index contributed by atoms with van der Waals surface area (Å²) in [5.74, 6) is 2.68. The van der Waals surface area contributed by atoms with E-state index < -0.39 is 0 Å². The van der Waals surface area contributed by atoms with Crippen LogP contribution in [0.3, 0.4) is 0 Å². The van der Waals surface area contributed by atoms with E-state index in [-0.39, 0.29) is 5.91 Å². The molecule has 29 heavy (non-hydrogen) atoms. The first-order valence-electron chi connectivity index (χ1n) is 10.7. The fraction of sp³-hybridized carbons (Fsp3) is 0.636. The predicted octanol–water partition coefficient (Wildman–Crippen LogP) is 1.61. The van der Waals surface area contributed by atoms with Crippen LogP contribution in [0, 0.1) is 12.8 Å². The molecule has 0 spiro atoms. The van der Waals surface area contributed by atoms with Gasteiger partial charge in [0.15, 0.2) is 5.96 Å². The monoisotopic (exact) mass is 401 g/mol. The highest BCUT2D eigenvalue weighted by Crippen LogP contribution is 2.30. The summed E-state index contributed by atoms with van der Waals surface area (Å²) in [6.45, 7) is 10.5. The highest BCUT2D eigenvalue weighted by atomic mass is 16.5. The maximum atomic E-state index is 11.4. The van der Waals surface area contributed by atoms with Crippen molar-refractivity contribution in [2.45, 2.75) is 33.2 Å². The Morgan fingerprint density at radius 1 is 1.21 bits per heavy atom. The first-order valence-corrected chi connectivity index (χ1v) is 10.7. The van der Waals surface area contributed by atoms with Gasteiger partial charge in [0.05, 0.1) is 6.61 Å². The van der Waals surface area contributed by atoms with Gasteiger partial charge in [-0.15, -0.1) is 0 Å². The van der Waals surface area contributed by atoms with Gasteiger partial charge in [-0.05, 0) is 37.3 Å². The molecule has 1 heterocycles. The van der Waals surface area contributed by atoms with Crippen molar-refractivity contribution in [3.63, 3.8) is 0 Å². The summed E-state index contributed by atoms with van der Waals surface area (Å²) in [5, 5.41) is 6.78. The van der Waals surface area contributed by atoms with E-state index in [4.69, 9.17) is 4.74 Å². The standard InChI is InChI=1S/C22H35N5O2/c1-17-4-7-20(21(14-17)29-16-19-5-6-19)15-25-22(23-3)24-8-9-26-10-12-27(13-11-26)18(2)28/h4,7,14,19H,5-6,8-13,15-16H2,1-3H3,(H2,23,24,25). The van der Waals surface area contributed by atoms with E-state index in [1.807, 2.05) is 4.90 Å². The van der Waals surface area contributed by atoms with Crippen LogP contribution < -0.4 is 15.4 Å². The summed E-state index contributed by atoms with van der Waals surface area (Å²) in [6.07, 6.45) is 2.58. The molecule has 160 valence electrons. The summed E-state index contributed by atoms with van der Waals surface area (Å²) in [5.41, 5.74) is 2.37. The number of aliphatic imine (C=N–C) groups is 1. The van der Waals surface area contributed by atoms with Gasteiger partial charge in [-0.3, -0.25) is 14.7 Å². The van der Waals surface area contributed by atoms with E-state index >= 15 is 0 Å². The van der Waals surface area contributed by atoms with Crippen molar-refractivity contribution in [1.82, 2.24) is 20.4 Å². The van der Waals surface area contributed by atoms with Crippen LogP contribution in [-0.4, -0.2) is 74.6 Å². The number of hydrogen-bond acceptors (Lipinski definition) is 4. The van der Waals surface area contributed by atoms with Crippen LogP contribution in [0.1, 0.15) is 30.9 Å². The molecule has 1 aliphatic carbocycles. The molecule has 1 aliphatic heterocycles. The van der Waals surface area contributed by atoms with Gasteiger partial charge < -0.3 is 20.3 Å². The second-order valence-electron chi connectivity index (χ2n) is 8.07. The third-order valence-electron chi connectivity index (χ3n) is 5.60. The predicted molar refractivity (Wildman–Crippen MR) is 116 cm³/mol. The summed E-state index contributed by atoms with van der Waals surface area (Å²) < 4.78 is 6.06. The molecule has 2 aliphatic rings. The smallest absolute Gasteiger partial charge is 0.219 e. The van der Waals surface area contributed by atoms with Crippen molar-refractivity contribution in [2.75, 3.05) is 52.9 Å². The molecule has 1 saturated heterocycles.